The van der Waals surface area contributed by atoms with Crippen molar-refractivity contribution in [1.82, 2.24) is 25.2 Å². The number of ether oxygens (including phenoxy) is 2. The van der Waals surface area contributed by atoms with Crippen LogP contribution in [0.15, 0.2) is 43.1 Å². The molecule has 13 nitrogen and oxygen atoms in total. The Bertz CT molecular complexity index is 1870. The quantitative estimate of drug-likeness (QED) is 0.357. The fourth-order valence-electron chi connectivity index (χ4n) is 8.11. The number of cyclic esters (lactones) is 1. The largest absolute Gasteiger partial charge is 0.472 e. The molecule has 4 fully saturated rings. The Balaban J connectivity index is 1.21. The minimum Gasteiger partial charge on any atom is -0.472 e. The van der Waals surface area contributed by atoms with Crippen molar-refractivity contribution < 1.29 is 37.1 Å². The summed E-state index contributed by atoms with van der Waals surface area (Å²) in [6.07, 6.45) is 8.84. The number of aryl methyl sites for hydroxylation is 1. The van der Waals surface area contributed by atoms with Gasteiger partial charge < -0.3 is 25.0 Å². The number of sulfonamides is 1. The number of nitrogens with zero attached hydrogens (tertiary/aromatic N) is 2. The molecule has 3 aliphatic carbocycles. The highest BCUT2D eigenvalue weighted by molar-refractivity contribution is 7.91. The SMILES string of the molecule is C=C[C@H]1C[C@]1(NC(=O)[C@@H]1C[C@@H]2CN1C(=O)[C@H](C1CCCC1)NC(=O)OCC(C)(C)CCCc1ccc3ccnc(c3c1)O2)C(=O)NS(=O)(=O)C1CC1. The second-order valence-electron chi connectivity index (χ2n) is 16.1. The number of carbonyl (C=O) groups is 4. The Kier molecular flexibility index (Phi) is 9.72. The lowest BCUT2D eigenvalue weighted by atomic mass is 9.87. The van der Waals surface area contributed by atoms with Crippen molar-refractivity contribution in [2.45, 2.75) is 113 Å². The molecular formula is C38H49N5O8S. The van der Waals surface area contributed by atoms with Gasteiger partial charge in [-0.2, -0.15) is 0 Å². The van der Waals surface area contributed by atoms with Crippen LogP contribution in [0.1, 0.15) is 83.6 Å². The lowest BCUT2D eigenvalue weighted by Crippen LogP contribution is -2.59. The van der Waals surface area contributed by atoms with Crippen LogP contribution in [0, 0.1) is 17.3 Å². The highest BCUT2D eigenvalue weighted by atomic mass is 32.2. The zero-order valence-electron chi connectivity index (χ0n) is 29.9. The summed E-state index contributed by atoms with van der Waals surface area (Å²) in [5.74, 6) is -2.12. The van der Waals surface area contributed by atoms with E-state index in [1.54, 1.807) is 6.20 Å². The van der Waals surface area contributed by atoms with Crippen molar-refractivity contribution in [2.75, 3.05) is 13.2 Å². The van der Waals surface area contributed by atoms with E-state index in [1.807, 2.05) is 26.0 Å². The molecule has 0 radical (unpaired) electrons. The molecule has 280 valence electrons. The third-order valence-electron chi connectivity index (χ3n) is 11.5. The van der Waals surface area contributed by atoms with Gasteiger partial charge in [-0.3, -0.25) is 19.1 Å². The van der Waals surface area contributed by atoms with Gasteiger partial charge in [0.05, 0.1) is 18.4 Å². The monoisotopic (exact) mass is 735 g/mol. The molecule has 1 aromatic heterocycles. The van der Waals surface area contributed by atoms with E-state index in [1.165, 1.54) is 11.0 Å². The number of amides is 4. The second kappa shape index (κ2) is 14.0. The van der Waals surface area contributed by atoms with Gasteiger partial charge in [0.25, 0.3) is 5.91 Å². The van der Waals surface area contributed by atoms with Crippen LogP contribution in [0.3, 0.4) is 0 Å². The van der Waals surface area contributed by atoms with Crippen LogP contribution < -0.4 is 20.1 Å². The zero-order valence-corrected chi connectivity index (χ0v) is 30.7. The fraction of sp³-hybridized carbons (Fsp3) is 0.605. The number of alkyl carbamates (subject to hydrolysis) is 1. The van der Waals surface area contributed by atoms with Crippen LogP contribution in [0.25, 0.3) is 10.8 Å². The zero-order chi connectivity index (χ0) is 36.8. The summed E-state index contributed by atoms with van der Waals surface area (Å²) < 4.78 is 39.8. The fourth-order valence-corrected chi connectivity index (χ4v) is 9.48. The number of hydrogen-bond donors (Lipinski definition) is 3. The summed E-state index contributed by atoms with van der Waals surface area (Å²) in [6, 6.07) is 6.07. The molecule has 52 heavy (non-hydrogen) atoms. The lowest BCUT2D eigenvalue weighted by Gasteiger charge is -2.32. The number of hydrogen-bond acceptors (Lipinski definition) is 9. The molecule has 4 bridgehead atoms. The van der Waals surface area contributed by atoms with E-state index >= 15 is 0 Å². The highest BCUT2D eigenvalue weighted by Crippen LogP contribution is 2.45. The van der Waals surface area contributed by atoms with Gasteiger partial charge in [-0.1, -0.05) is 44.9 Å². The first-order valence-electron chi connectivity index (χ1n) is 18.6. The molecule has 14 heteroatoms. The van der Waals surface area contributed by atoms with E-state index in [-0.39, 0.29) is 37.3 Å². The van der Waals surface area contributed by atoms with Crippen LogP contribution in [0.4, 0.5) is 4.79 Å². The van der Waals surface area contributed by atoms with Crippen LogP contribution in [0.5, 0.6) is 5.88 Å². The van der Waals surface area contributed by atoms with E-state index in [0.717, 1.165) is 61.3 Å². The van der Waals surface area contributed by atoms with Crippen molar-refractivity contribution in [3.63, 3.8) is 0 Å². The molecule has 0 spiro atoms. The maximum absolute atomic E-state index is 14.6. The van der Waals surface area contributed by atoms with Crippen molar-refractivity contribution >= 4 is 44.6 Å². The number of pyridine rings is 1. The standard InChI is InChI=1S/C38H49N5O8S/c1-4-26-20-38(26,35(46)42-52(48,49)28-13-14-28)41-32(44)30-19-27-21-43(30)34(45)31(25-9-5-6-10-25)40-36(47)50-22-37(2,3)16-7-8-23-11-12-24-15-17-39-33(51-27)29(24)18-23/h4,11-12,15,17-18,25-28,30-31H,1,5-10,13-14,16,19-22H2,2-3H3,(H,40,47)(H,41,44)(H,42,46)/t26-,27+,30-,31-,38+/m0/s1. The highest BCUT2D eigenvalue weighted by Gasteiger charge is 2.62. The lowest BCUT2D eigenvalue weighted by molar-refractivity contribution is -0.142. The topological polar surface area (TPSA) is 173 Å². The molecule has 5 aliphatic rings. The maximum Gasteiger partial charge on any atom is 0.407 e. The van der Waals surface area contributed by atoms with E-state index in [0.29, 0.717) is 18.7 Å². The summed E-state index contributed by atoms with van der Waals surface area (Å²) in [5.41, 5.74) is -0.720. The average Bonchev–Trinajstić information content (AvgIpc) is 3.98. The molecule has 7 rings (SSSR count). The average molecular weight is 736 g/mol. The molecule has 2 aliphatic heterocycles. The molecule has 5 atom stereocenters. The molecule has 4 amide bonds. The van der Waals surface area contributed by atoms with E-state index < -0.39 is 68.7 Å². The molecule has 1 aromatic carbocycles. The van der Waals surface area contributed by atoms with Crippen LogP contribution >= 0.6 is 0 Å². The Morgan fingerprint density at radius 1 is 1.10 bits per heavy atom. The van der Waals surface area contributed by atoms with Crippen LogP contribution in [-0.2, 0) is 35.6 Å². The van der Waals surface area contributed by atoms with Gasteiger partial charge in [0.2, 0.25) is 27.7 Å². The number of rotatable bonds is 7. The summed E-state index contributed by atoms with van der Waals surface area (Å²) in [5, 5.41) is 6.85. The Morgan fingerprint density at radius 3 is 2.58 bits per heavy atom. The first-order valence-corrected chi connectivity index (χ1v) is 20.1. The van der Waals surface area contributed by atoms with Gasteiger partial charge in [-0.15, -0.1) is 6.58 Å². The van der Waals surface area contributed by atoms with Gasteiger partial charge in [-0.25, -0.2) is 18.2 Å². The van der Waals surface area contributed by atoms with Gasteiger partial charge >= 0.3 is 6.09 Å². The summed E-state index contributed by atoms with van der Waals surface area (Å²) >= 11 is 0. The molecule has 3 heterocycles. The number of benzene rings is 1. The molecule has 0 unspecified atom stereocenters. The third-order valence-corrected chi connectivity index (χ3v) is 13.3. The smallest absolute Gasteiger partial charge is 0.407 e. The van der Waals surface area contributed by atoms with Gasteiger partial charge in [-0.05, 0) is 85.8 Å². The summed E-state index contributed by atoms with van der Waals surface area (Å²) in [4.78, 5) is 61.8. The summed E-state index contributed by atoms with van der Waals surface area (Å²) in [7, 11) is -3.88. The normalized spacial score (nSPS) is 29.7. The number of fused-ring (bicyclic) bond motifs is 3. The molecular weight excluding hydrogens is 687 g/mol. The van der Waals surface area contributed by atoms with E-state index in [2.05, 4.69) is 39.1 Å². The Hall–Kier alpha value is -4.20. The minimum atomic E-state index is -3.88. The predicted octanol–water partition coefficient (Wildman–Crippen LogP) is 3.90. The van der Waals surface area contributed by atoms with Gasteiger partial charge in [0.1, 0.15) is 23.7 Å². The van der Waals surface area contributed by atoms with E-state index in [4.69, 9.17) is 9.47 Å². The van der Waals surface area contributed by atoms with Gasteiger partial charge in [0, 0.05) is 23.9 Å². The molecule has 3 saturated carbocycles. The van der Waals surface area contributed by atoms with Crippen molar-refractivity contribution in [3.05, 3.63) is 48.7 Å². The number of nitrogens with one attached hydrogen (secondary N) is 3. The first kappa shape index (κ1) is 36.2. The van der Waals surface area contributed by atoms with Crippen molar-refractivity contribution in [2.24, 2.45) is 17.3 Å². The number of carbonyl (C=O) groups excluding carboxylic acids is 4. The van der Waals surface area contributed by atoms with Crippen LogP contribution in [0.2, 0.25) is 0 Å². The third kappa shape index (κ3) is 7.49. The minimum absolute atomic E-state index is 0.0296. The Labute approximate surface area is 304 Å². The molecule has 1 saturated heterocycles. The molecule has 2 aromatic rings. The summed E-state index contributed by atoms with van der Waals surface area (Å²) in [6.45, 7) is 8.09. The maximum atomic E-state index is 14.6. The Morgan fingerprint density at radius 2 is 1.87 bits per heavy atom. The van der Waals surface area contributed by atoms with E-state index in [9.17, 15) is 27.6 Å². The van der Waals surface area contributed by atoms with Crippen molar-refractivity contribution in [1.29, 1.82) is 0 Å². The molecule has 3 N–H and O–H groups in total. The first-order chi connectivity index (χ1) is 24.8. The predicted molar refractivity (Wildman–Crippen MR) is 192 cm³/mol. The van der Waals surface area contributed by atoms with Crippen LogP contribution in [-0.4, -0.2) is 84.2 Å². The van der Waals surface area contributed by atoms with Gasteiger partial charge in [0.15, 0.2) is 0 Å². The van der Waals surface area contributed by atoms with Crippen molar-refractivity contribution in [3.8, 4) is 5.88 Å². The second-order valence-corrected chi connectivity index (χ2v) is 18.1. The number of aromatic nitrogens is 1.